The second kappa shape index (κ2) is 6.61. The lowest BCUT2D eigenvalue weighted by molar-refractivity contribution is 0.579. The summed E-state index contributed by atoms with van der Waals surface area (Å²) in [6.45, 7) is 2.08. The Morgan fingerprint density at radius 3 is 2.43 bits per heavy atom. The van der Waals surface area contributed by atoms with Crippen LogP contribution in [0.3, 0.4) is 0 Å². The Balaban J connectivity index is 2.05. The molecule has 0 aromatic heterocycles. The predicted octanol–water partition coefficient (Wildman–Crippen LogP) is 3.14. The molecule has 0 saturated heterocycles. The van der Waals surface area contributed by atoms with Gasteiger partial charge in [-0.05, 0) is 31.7 Å². The van der Waals surface area contributed by atoms with Gasteiger partial charge in [-0.15, -0.1) is 0 Å². The summed E-state index contributed by atoms with van der Waals surface area (Å²) in [7, 11) is 0. The molecule has 0 bridgehead atoms. The SMILES string of the molecule is C[C@@H](N)CCCCCc1ccccc1. The molecule has 0 aliphatic carbocycles. The molecule has 78 valence electrons. The summed E-state index contributed by atoms with van der Waals surface area (Å²) >= 11 is 0. The van der Waals surface area contributed by atoms with Crippen LogP contribution in [0.1, 0.15) is 38.2 Å². The van der Waals surface area contributed by atoms with Crippen LogP contribution in [-0.2, 0) is 6.42 Å². The summed E-state index contributed by atoms with van der Waals surface area (Å²) in [4.78, 5) is 0. The predicted molar refractivity (Wildman–Crippen MR) is 62.3 cm³/mol. The fourth-order valence-electron chi connectivity index (χ4n) is 1.62. The molecule has 0 fully saturated rings. The van der Waals surface area contributed by atoms with Crippen molar-refractivity contribution in [1.29, 1.82) is 0 Å². The lowest BCUT2D eigenvalue weighted by Gasteiger charge is -2.04. The van der Waals surface area contributed by atoms with E-state index in [0.29, 0.717) is 6.04 Å². The maximum atomic E-state index is 5.69. The molecular weight excluding hydrogens is 170 g/mol. The summed E-state index contributed by atoms with van der Waals surface area (Å²) < 4.78 is 0. The molecule has 0 radical (unpaired) electrons. The number of aryl methyl sites for hydroxylation is 1. The molecular formula is C13H21N. The van der Waals surface area contributed by atoms with E-state index in [9.17, 15) is 0 Å². The van der Waals surface area contributed by atoms with Crippen LogP contribution in [0, 0.1) is 0 Å². The first-order valence-electron chi connectivity index (χ1n) is 5.58. The summed E-state index contributed by atoms with van der Waals surface area (Å²) in [5.74, 6) is 0. The van der Waals surface area contributed by atoms with E-state index in [1.165, 1.54) is 31.2 Å². The Morgan fingerprint density at radius 2 is 1.79 bits per heavy atom. The highest BCUT2D eigenvalue weighted by atomic mass is 14.6. The minimum absolute atomic E-state index is 0.367. The molecule has 0 aliphatic rings. The summed E-state index contributed by atoms with van der Waals surface area (Å²) in [5.41, 5.74) is 7.14. The zero-order valence-corrected chi connectivity index (χ0v) is 9.08. The number of hydrogen-bond acceptors (Lipinski definition) is 1. The van der Waals surface area contributed by atoms with E-state index in [4.69, 9.17) is 5.73 Å². The molecule has 0 heterocycles. The first-order chi connectivity index (χ1) is 6.79. The number of benzene rings is 1. The van der Waals surface area contributed by atoms with Gasteiger partial charge in [-0.2, -0.15) is 0 Å². The maximum Gasteiger partial charge on any atom is 0.00104 e. The van der Waals surface area contributed by atoms with Gasteiger partial charge < -0.3 is 5.73 Å². The molecule has 2 N–H and O–H groups in total. The van der Waals surface area contributed by atoms with Gasteiger partial charge in [0.2, 0.25) is 0 Å². The number of rotatable bonds is 6. The minimum Gasteiger partial charge on any atom is -0.328 e. The van der Waals surface area contributed by atoms with E-state index in [1.54, 1.807) is 0 Å². The molecule has 1 aromatic carbocycles. The van der Waals surface area contributed by atoms with Crippen molar-refractivity contribution in [3.8, 4) is 0 Å². The summed E-state index contributed by atoms with van der Waals surface area (Å²) in [5, 5.41) is 0. The van der Waals surface area contributed by atoms with Crippen molar-refractivity contribution < 1.29 is 0 Å². The Kier molecular flexibility index (Phi) is 5.31. The van der Waals surface area contributed by atoms with Crippen LogP contribution in [0.5, 0.6) is 0 Å². The molecule has 0 aliphatic heterocycles. The van der Waals surface area contributed by atoms with E-state index in [1.807, 2.05) is 0 Å². The molecule has 1 rings (SSSR count). The highest BCUT2D eigenvalue weighted by molar-refractivity contribution is 5.14. The van der Waals surface area contributed by atoms with E-state index >= 15 is 0 Å². The Labute approximate surface area is 87.3 Å². The molecule has 0 spiro atoms. The van der Waals surface area contributed by atoms with E-state index < -0.39 is 0 Å². The summed E-state index contributed by atoms with van der Waals surface area (Å²) in [6, 6.07) is 11.1. The van der Waals surface area contributed by atoms with Gasteiger partial charge in [-0.25, -0.2) is 0 Å². The lowest BCUT2D eigenvalue weighted by atomic mass is 10.0. The molecule has 1 aromatic rings. The largest absolute Gasteiger partial charge is 0.328 e. The van der Waals surface area contributed by atoms with Crippen LogP contribution in [0.15, 0.2) is 30.3 Å². The van der Waals surface area contributed by atoms with E-state index in [0.717, 1.165) is 6.42 Å². The van der Waals surface area contributed by atoms with Crippen LogP contribution in [0.2, 0.25) is 0 Å². The van der Waals surface area contributed by atoms with Crippen molar-refractivity contribution >= 4 is 0 Å². The average molecular weight is 191 g/mol. The first kappa shape index (κ1) is 11.3. The fraction of sp³-hybridized carbons (Fsp3) is 0.538. The second-order valence-corrected chi connectivity index (χ2v) is 4.06. The Bertz CT molecular complexity index is 228. The molecule has 1 atom stereocenters. The molecule has 0 amide bonds. The standard InChI is InChI=1S/C13H21N/c1-12(14)8-4-2-5-9-13-10-6-3-7-11-13/h3,6-7,10-12H,2,4-5,8-9,14H2,1H3/t12-/m1/s1. The van der Waals surface area contributed by atoms with Gasteiger partial charge in [0.05, 0.1) is 0 Å². The van der Waals surface area contributed by atoms with Gasteiger partial charge >= 0.3 is 0 Å². The summed E-state index contributed by atoms with van der Waals surface area (Å²) in [6.07, 6.45) is 6.23. The van der Waals surface area contributed by atoms with Crippen LogP contribution in [0.4, 0.5) is 0 Å². The zero-order chi connectivity index (χ0) is 10.2. The highest BCUT2D eigenvalue weighted by Gasteiger charge is 1.95. The van der Waals surface area contributed by atoms with Crippen molar-refractivity contribution in [3.63, 3.8) is 0 Å². The topological polar surface area (TPSA) is 26.0 Å². The average Bonchev–Trinajstić information content (AvgIpc) is 2.18. The quantitative estimate of drug-likeness (QED) is 0.687. The van der Waals surface area contributed by atoms with Gasteiger partial charge in [-0.1, -0.05) is 43.2 Å². The maximum absolute atomic E-state index is 5.69. The first-order valence-corrected chi connectivity index (χ1v) is 5.58. The third-order valence-electron chi connectivity index (χ3n) is 2.47. The van der Waals surface area contributed by atoms with Crippen LogP contribution < -0.4 is 5.73 Å². The third kappa shape index (κ3) is 5.03. The normalized spacial score (nSPS) is 12.7. The molecule has 1 heteroatoms. The monoisotopic (exact) mass is 191 g/mol. The lowest BCUT2D eigenvalue weighted by Crippen LogP contribution is -2.13. The Hall–Kier alpha value is -0.820. The van der Waals surface area contributed by atoms with Gasteiger partial charge in [0.1, 0.15) is 0 Å². The van der Waals surface area contributed by atoms with Gasteiger partial charge in [0.25, 0.3) is 0 Å². The number of nitrogens with two attached hydrogens (primary N) is 1. The fourth-order valence-corrected chi connectivity index (χ4v) is 1.62. The van der Waals surface area contributed by atoms with Crippen molar-refractivity contribution in [2.24, 2.45) is 5.73 Å². The van der Waals surface area contributed by atoms with Crippen LogP contribution >= 0.6 is 0 Å². The van der Waals surface area contributed by atoms with Crippen molar-refractivity contribution in [1.82, 2.24) is 0 Å². The van der Waals surface area contributed by atoms with E-state index in [-0.39, 0.29) is 0 Å². The molecule has 14 heavy (non-hydrogen) atoms. The van der Waals surface area contributed by atoms with Gasteiger partial charge in [0.15, 0.2) is 0 Å². The smallest absolute Gasteiger partial charge is 0.00104 e. The minimum atomic E-state index is 0.367. The molecule has 0 unspecified atom stereocenters. The number of hydrogen-bond donors (Lipinski definition) is 1. The van der Waals surface area contributed by atoms with Crippen molar-refractivity contribution in [2.45, 2.75) is 45.1 Å². The van der Waals surface area contributed by atoms with E-state index in [2.05, 4.69) is 37.3 Å². The number of unbranched alkanes of at least 4 members (excludes halogenated alkanes) is 2. The zero-order valence-electron chi connectivity index (χ0n) is 9.08. The molecule has 1 nitrogen and oxygen atoms in total. The van der Waals surface area contributed by atoms with Gasteiger partial charge in [0, 0.05) is 6.04 Å². The molecule has 0 saturated carbocycles. The van der Waals surface area contributed by atoms with Crippen molar-refractivity contribution in [2.75, 3.05) is 0 Å². The third-order valence-corrected chi connectivity index (χ3v) is 2.47. The van der Waals surface area contributed by atoms with Crippen LogP contribution in [0.25, 0.3) is 0 Å². The van der Waals surface area contributed by atoms with Crippen LogP contribution in [-0.4, -0.2) is 6.04 Å². The highest BCUT2D eigenvalue weighted by Crippen LogP contribution is 2.08. The van der Waals surface area contributed by atoms with Crippen molar-refractivity contribution in [3.05, 3.63) is 35.9 Å². The van der Waals surface area contributed by atoms with Gasteiger partial charge in [-0.3, -0.25) is 0 Å². The Morgan fingerprint density at radius 1 is 1.07 bits per heavy atom. The second-order valence-electron chi connectivity index (χ2n) is 4.06.